The van der Waals surface area contributed by atoms with Crippen molar-refractivity contribution >= 4 is 29.6 Å². The molecule has 1 amide bonds. The summed E-state index contributed by atoms with van der Waals surface area (Å²) in [5.74, 6) is 2.46. The molecule has 0 aliphatic carbocycles. The molecule has 0 unspecified atom stereocenters. The molecule has 132 valence electrons. The van der Waals surface area contributed by atoms with E-state index in [1.54, 1.807) is 4.90 Å². The SMILES string of the molecule is Cc1nc(NCCc2cccc(Cl)c2)cc(N2CCN(C=O)CC2)n1. The Morgan fingerprint density at radius 2 is 2.00 bits per heavy atom. The molecule has 3 rings (SSSR count). The van der Waals surface area contributed by atoms with Gasteiger partial charge in [0.2, 0.25) is 6.41 Å². The van der Waals surface area contributed by atoms with Crippen molar-refractivity contribution in [1.82, 2.24) is 14.9 Å². The first-order valence-electron chi connectivity index (χ1n) is 8.42. The molecule has 2 heterocycles. The van der Waals surface area contributed by atoms with E-state index in [4.69, 9.17) is 11.6 Å². The van der Waals surface area contributed by atoms with Gasteiger partial charge >= 0.3 is 0 Å². The average Bonchev–Trinajstić information content (AvgIpc) is 2.61. The zero-order chi connectivity index (χ0) is 17.6. The third-order valence-electron chi connectivity index (χ3n) is 4.22. The Balaban J connectivity index is 1.60. The van der Waals surface area contributed by atoms with Crippen LogP contribution in [-0.2, 0) is 11.2 Å². The van der Waals surface area contributed by atoms with E-state index in [2.05, 4.69) is 26.3 Å². The fraction of sp³-hybridized carbons (Fsp3) is 0.389. The van der Waals surface area contributed by atoms with Crippen LogP contribution in [0.15, 0.2) is 30.3 Å². The quantitative estimate of drug-likeness (QED) is 0.802. The molecular weight excluding hydrogens is 338 g/mol. The lowest BCUT2D eigenvalue weighted by molar-refractivity contribution is -0.118. The number of carbonyl (C=O) groups excluding carboxylic acids is 1. The smallest absolute Gasteiger partial charge is 0.209 e. The van der Waals surface area contributed by atoms with E-state index >= 15 is 0 Å². The van der Waals surface area contributed by atoms with Gasteiger partial charge in [-0.2, -0.15) is 0 Å². The molecule has 25 heavy (non-hydrogen) atoms. The number of rotatable bonds is 6. The summed E-state index contributed by atoms with van der Waals surface area (Å²) >= 11 is 6.02. The lowest BCUT2D eigenvalue weighted by Crippen LogP contribution is -2.46. The summed E-state index contributed by atoms with van der Waals surface area (Å²) in [5, 5.41) is 4.12. The number of anilines is 2. The minimum Gasteiger partial charge on any atom is -0.370 e. The average molecular weight is 360 g/mol. The number of hydrogen-bond acceptors (Lipinski definition) is 5. The van der Waals surface area contributed by atoms with Crippen LogP contribution in [0.4, 0.5) is 11.6 Å². The number of halogens is 1. The van der Waals surface area contributed by atoms with Crippen molar-refractivity contribution in [2.45, 2.75) is 13.3 Å². The van der Waals surface area contributed by atoms with E-state index < -0.39 is 0 Å². The van der Waals surface area contributed by atoms with Crippen LogP contribution in [0.5, 0.6) is 0 Å². The van der Waals surface area contributed by atoms with E-state index in [0.29, 0.717) is 0 Å². The normalized spacial score (nSPS) is 14.5. The first-order valence-corrected chi connectivity index (χ1v) is 8.80. The second-order valence-electron chi connectivity index (χ2n) is 6.09. The monoisotopic (exact) mass is 359 g/mol. The summed E-state index contributed by atoms with van der Waals surface area (Å²) in [6.07, 6.45) is 1.78. The molecule has 1 aromatic heterocycles. The highest BCUT2D eigenvalue weighted by Gasteiger charge is 2.17. The standard InChI is InChI=1S/C18H22ClN5O/c1-14-21-17(20-6-5-15-3-2-4-16(19)11-15)12-18(22-14)24-9-7-23(13-25)8-10-24/h2-4,11-13H,5-10H2,1H3,(H,20,21,22). The Morgan fingerprint density at radius 3 is 2.72 bits per heavy atom. The van der Waals surface area contributed by atoms with Gasteiger partial charge in [0.05, 0.1) is 0 Å². The topological polar surface area (TPSA) is 61.4 Å². The molecule has 0 saturated carbocycles. The number of carbonyl (C=O) groups is 1. The lowest BCUT2D eigenvalue weighted by atomic mass is 10.1. The molecule has 0 spiro atoms. The summed E-state index contributed by atoms with van der Waals surface area (Å²) in [6.45, 7) is 5.70. The highest BCUT2D eigenvalue weighted by Crippen LogP contribution is 2.18. The molecular formula is C18H22ClN5O. The maximum atomic E-state index is 10.8. The highest BCUT2D eigenvalue weighted by molar-refractivity contribution is 6.30. The van der Waals surface area contributed by atoms with Gasteiger partial charge < -0.3 is 15.1 Å². The lowest BCUT2D eigenvalue weighted by Gasteiger charge is -2.33. The maximum Gasteiger partial charge on any atom is 0.209 e. The number of nitrogens with zero attached hydrogens (tertiary/aromatic N) is 4. The molecule has 1 saturated heterocycles. The van der Waals surface area contributed by atoms with Crippen LogP contribution in [0.25, 0.3) is 0 Å². The number of aromatic nitrogens is 2. The van der Waals surface area contributed by atoms with Crippen molar-refractivity contribution in [3.05, 3.63) is 46.7 Å². The van der Waals surface area contributed by atoms with Crippen LogP contribution in [0.1, 0.15) is 11.4 Å². The third kappa shape index (κ3) is 4.82. The summed E-state index contributed by atoms with van der Waals surface area (Å²) in [7, 11) is 0. The molecule has 1 aliphatic heterocycles. The Hall–Kier alpha value is -2.34. The fourth-order valence-electron chi connectivity index (χ4n) is 2.89. The van der Waals surface area contributed by atoms with E-state index in [1.807, 2.05) is 31.2 Å². The van der Waals surface area contributed by atoms with Crippen LogP contribution < -0.4 is 10.2 Å². The summed E-state index contributed by atoms with van der Waals surface area (Å²) in [4.78, 5) is 23.8. The van der Waals surface area contributed by atoms with Crippen molar-refractivity contribution in [3.8, 4) is 0 Å². The van der Waals surface area contributed by atoms with Gasteiger partial charge in [0.25, 0.3) is 0 Å². The summed E-state index contributed by atoms with van der Waals surface area (Å²) in [6, 6.07) is 9.86. The van der Waals surface area contributed by atoms with Crippen molar-refractivity contribution in [1.29, 1.82) is 0 Å². The summed E-state index contributed by atoms with van der Waals surface area (Å²) in [5.41, 5.74) is 1.19. The van der Waals surface area contributed by atoms with Gasteiger partial charge in [0.15, 0.2) is 0 Å². The second-order valence-corrected chi connectivity index (χ2v) is 6.53. The molecule has 0 radical (unpaired) electrons. The molecule has 1 N–H and O–H groups in total. The van der Waals surface area contributed by atoms with Crippen LogP contribution in [0.2, 0.25) is 5.02 Å². The van der Waals surface area contributed by atoms with Crippen molar-refractivity contribution in [3.63, 3.8) is 0 Å². The van der Waals surface area contributed by atoms with E-state index in [9.17, 15) is 4.79 Å². The molecule has 0 bridgehead atoms. The predicted molar refractivity (Wildman–Crippen MR) is 100 cm³/mol. The summed E-state index contributed by atoms with van der Waals surface area (Å²) < 4.78 is 0. The number of hydrogen-bond donors (Lipinski definition) is 1. The number of benzene rings is 1. The van der Waals surface area contributed by atoms with Crippen molar-refractivity contribution in [2.24, 2.45) is 0 Å². The van der Waals surface area contributed by atoms with Crippen LogP contribution in [0, 0.1) is 6.92 Å². The van der Waals surface area contributed by atoms with Gasteiger partial charge in [0.1, 0.15) is 17.5 Å². The van der Waals surface area contributed by atoms with Gasteiger partial charge in [-0.1, -0.05) is 23.7 Å². The maximum absolute atomic E-state index is 10.8. The third-order valence-corrected chi connectivity index (χ3v) is 4.46. The van der Waals surface area contributed by atoms with Gasteiger partial charge in [-0.3, -0.25) is 4.79 Å². The van der Waals surface area contributed by atoms with Crippen molar-refractivity contribution in [2.75, 3.05) is 42.9 Å². The molecule has 6 nitrogen and oxygen atoms in total. The Kier molecular flexibility index (Phi) is 5.71. The number of aryl methyl sites for hydroxylation is 1. The Bertz CT molecular complexity index is 731. The molecule has 2 aromatic rings. The van der Waals surface area contributed by atoms with Gasteiger partial charge in [0, 0.05) is 43.8 Å². The Labute approximate surface area is 152 Å². The minimum absolute atomic E-state index is 0.726. The van der Waals surface area contributed by atoms with Gasteiger partial charge in [-0.25, -0.2) is 9.97 Å². The number of nitrogens with one attached hydrogen (secondary N) is 1. The van der Waals surface area contributed by atoms with Gasteiger partial charge in [-0.05, 0) is 31.0 Å². The van der Waals surface area contributed by atoms with Crippen LogP contribution in [0.3, 0.4) is 0 Å². The van der Waals surface area contributed by atoms with E-state index in [1.165, 1.54) is 5.56 Å². The fourth-order valence-corrected chi connectivity index (χ4v) is 3.10. The van der Waals surface area contributed by atoms with E-state index in [0.717, 1.165) is 68.0 Å². The highest BCUT2D eigenvalue weighted by atomic mass is 35.5. The first-order chi connectivity index (χ1) is 12.1. The van der Waals surface area contributed by atoms with Gasteiger partial charge in [-0.15, -0.1) is 0 Å². The first kappa shape index (κ1) is 17.5. The van der Waals surface area contributed by atoms with E-state index in [-0.39, 0.29) is 0 Å². The zero-order valence-corrected chi connectivity index (χ0v) is 15.0. The predicted octanol–water partition coefficient (Wildman–Crippen LogP) is 2.37. The number of amides is 1. The van der Waals surface area contributed by atoms with Crippen LogP contribution >= 0.6 is 11.6 Å². The zero-order valence-electron chi connectivity index (χ0n) is 14.3. The minimum atomic E-state index is 0.726. The molecule has 7 heteroatoms. The number of piperazine rings is 1. The molecule has 0 atom stereocenters. The molecule has 1 aromatic carbocycles. The Morgan fingerprint density at radius 1 is 1.20 bits per heavy atom. The van der Waals surface area contributed by atoms with Crippen LogP contribution in [-0.4, -0.2) is 54.0 Å². The largest absolute Gasteiger partial charge is 0.370 e. The molecule has 1 aliphatic rings. The molecule has 1 fully saturated rings. The second kappa shape index (κ2) is 8.16. The van der Waals surface area contributed by atoms with Crippen molar-refractivity contribution < 1.29 is 4.79 Å².